The lowest BCUT2D eigenvalue weighted by molar-refractivity contribution is -0.384. The topological polar surface area (TPSA) is 101 Å². The summed E-state index contributed by atoms with van der Waals surface area (Å²) >= 11 is 0. The van der Waals surface area contributed by atoms with Crippen LogP contribution in [-0.4, -0.2) is 29.8 Å². The molecule has 0 heterocycles. The van der Waals surface area contributed by atoms with Gasteiger partial charge >= 0.3 is 0 Å². The van der Waals surface area contributed by atoms with Gasteiger partial charge in [-0.3, -0.25) is 19.7 Å². The lowest BCUT2D eigenvalue weighted by Crippen LogP contribution is -2.37. The Balaban J connectivity index is 1.68. The van der Waals surface area contributed by atoms with E-state index in [4.69, 9.17) is 0 Å². The molecule has 7 heteroatoms. The van der Waals surface area contributed by atoms with Crippen LogP contribution in [0.1, 0.15) is 11.1 Å². The molecule has 134 valence electrons. The quantitative estimate of drug-likeness (QED) is 0.431. The second kappa shape index (κ2) is 9.73. The van der Waals surface area contributed by atoms with E-state index >= 15 is 0 Å². The molecule has 2 aromatic rings. The molecule has 0 aromatic heterocycles. The fourth-order valence-corrected chi connectivity index (χ4v) is 2.16. The Bertz CT molecular complexity index is 786. The molecular weight excluding hydrogens is 334 g/mol. The molecule has 0 saturated carbocycles. The number of non-ortho nitro benzene ring substituents is 1. The molecule has 0 aliphatic rings. The number of benzene rings is 2. The minimum Gasteiger partial charge on any atom is -0.354 e. The van der Waals surface area contributed by atoms with E-state index < -0.39 is 10.8 Å². The zero-order valence-corrected chi connectivity index (χ0v) is 14.1. The maximum Gasteiger partial charge on any atom is 0.269 e. The van der Waals surface area contributed by atoms with Gasteiger partial charge in [0.05, 0.1) is 11.5 Å². The third-order valence-electron chi connectivity index (χ3n) is 3.53. The second-order valence-electron chi connectivity index (χ2n) is 5.49. The molecule has 2 rings (SSSR count). The van der Waals surface area contributed by atoms with Crippen molar-refractivity contribution in [2.24, 2.45) is 0 Å². The monoisotopic (exact) mass is 353 g/mol. The zero-order chi connectivity index (χ0) is 18.8. The standard InChI is InChI=1S/C19H19N3O4/c23-18(11-8-16-6-9-17(10-7-16)22(25)26)21-14-19(24)20-13-12-15-4-2-1-3-5-15/h1-11H,12-14H2,(H,20,24)(H,21,23)/b11-8+. The molecule has 0 atom stereocenters. The van der Waals surface area contributed by atoms with E-state index in [1.807, 2.05) is 30.3 Å². The average Bonchev–Trinajstić information content (AvgIpc) is 2.66. The predicted molar refractivity (Wildman–Crippen MR) is 98.3 cm³/mol. The minimum atomic E-state index is -0.489. The molecule has 0 unspecified atom stereocenters. The highest BCUT2D eigenvalue weighted by molar-refractivity contribution is 5.94. The van der Waals surface area contributed by atoms with Gasteiger partial charge in [0.25, 0.3) is 5.69 Å². The SMILES string of the molecule is O=C(/C=C/c1ccc([N+](=O)[O-])cc1)NCC(=O)NCCc1ccccc1. The highest BCUT2D eigenvalue weighted by atomic mass is 16.6. The van der Waals surface area contributed by atoms with Gasteiger partial charge in [-0.2, -0.15) is 0 Å². The number of nitro groups is 1. The minimum absolute atomic E-state index is 0.0150. The van der Waals surface area contributed by atoms with Crippen molar-refractivity contribution in [3.8, 4) is 0 Å². The molecule has 7 nitrogen and oxygen atoms in total. The van der Waals surface area contributed by atoms with Crippen LogP contribution in [0.4, 0.5) is 5.69 Å². The van der Waals surface area contributed by atoms with Gasteiger partial charge < -0.3 is 10.6 Å². The summed E-state index contributed by atoms with van der Waals surface area (Å²) in [6, 6.07) is 15.6. The first-order valence-corrected chi connectivity index (χ1v) is 8.05. The molecule has 2 amide bonds. The average molecular weight is 353 g/mol. The van der Waals surface area contributed by atoms with Gasteiger partial charge in [0, 0.05) is 24.8 Å². The van der Waals surface area contributed by atoms with Gasteiger partial charge in [-0.05, 0) is 35.8 Å². The smallest absolute Gasteiger partial charge is 0.269 e. The van der Waals surface area contributed by atoms with Crippen molar-refractivity contribution in [3.63, 3.8) is 0 Å². The van der Waals surface area contributed by atoms with Crippen LogP contribution in [0, 0.1) is 10.1 Å². The van der Waals surface area contributed by atoms with Crippen molar-refractivity contribution in [2.75, 3.05) is 13.1 Å². The fourth-order valence-electron chi connectivity index (χ4n) is 2.16. The number of rotatable bonds is 8. The molecule has 0 spiro atoms. The first-order valence-electron chi connectivity index (χ1n) is 8.05. The summed E-state index contributed by atoms with van der Waals surface area (Å²) in [6.07, 6.45) is 3.52. The van der Waals surface area contributed by atoms with E-state index in [2.05, 4.69) is 10.6 Å². The van der Waals surface area contributed by atoms with Crippen LogP contribution in [0.15, 0.2) is 60.7 Å². The first-order chi connectivity index (χ1) is 12.5. The van der Waals surface area contributed by atoms with E-state index in [0.29, 0.717) is 12.1 Å². The van der Waals surface area contributed by atoms with Gasteiger partial charge in [-0.1, -0.05) is 30.3 Å². The van der Waals surface area contributed by atoms with Crippen LogP contribution in [-0.2, 0) is 16.0 Å². The number of nitrogens with one attached hydrogen (secondary N) is 2. The van der Waals surface area contributed by atoms with Gasteiger partial charge in [-0.25, -0.2) is 0 Å². The Morgan fingerprint density at radius 1 is 1.00 bits per heavy atom. The Morgan fingerprint density at radius 2 is 1.69 bits per heavy atom. The number of nitrogens with zero attached hydrogens (tertiary/aromatic N) is 1. The summed E-state index contributed by atoms with van der Waals surface area (Å²) in [7, 11) is 0. The van der Waals surface area contributed by atoms with Crippen molar-refractivity contribution >= 4 is 23.6 Å². The number of carbonyl (C=O) groups is 2. The largest absolute Gasteiger partial charge is 0.354 e. The Labute approximate surface area is 150 Å². The van der Waals surface area contributed by atoms with Gasteiger partial charge in [0.2, 0.25) is 11.8 Å². The van der Waals surface area contributed by atoms with E-state index in [0.717, 1.165) is 12.0 Å². The van der Waals surface area contributed by atoms with Crippen molar-refractivity contribution in [1.82, 2.24) is 10.6 Å². The fraction of sp³-hybridized carbons (Fsp3) is 0.158. The van der Waals surface area contributed by atoms with E-state index in [9.17, 15) is 19.7 Å². The lowest BCUT2D eigenvalue weighted by Gasteiger charge is -2.05. The molecule has 2 N–H and O–H groups in total. The summed E-state index contributed by atoms with van der Waals surface area (Å²) < 4.78 is 0. The number of nitro benzene ring substituents is 1. The lowest BCUT2D eigenvalue weighted by atomic mass is 10.1. The highest BCUT2D eigenvalue weighted by Gasteiger charge is 2.04. The first kappa shape index (κ1) is 18.9. The summed E-state index contributed by atoms with van der Waals surface area (Å²) in [5.41, 5.74) is 1.76. The van der Waals surface area contributed by atoms with Crippen molar-refractivity contribution in [1.29, 1.82) is 0 Å². The third-order valence-corrected chi connectivity index (χ3v) is 3.53. The van der Waals surface area contributed by atoms with E-state index in [1.54, 1.807) is 0 Å². The number of carbonyl (C=O) groups excluding carboxylic acids is 2. The third kappa shape index (κ3) is 6.56. The van der Waals surface area contributed by atoms with Crippen LogP contribution >= 0.6 is 0 Å². The molecule has 0 fully saturated rings. The normalized spacial score (nSPS) is 10.5. The van der Waals surface area contributed by atoms with E-state index in [-0.39, 0.29) is 18.1 Å². The Kier molecular flexibility index (Phi) is 7.05. The van der Waals surface area contributed by atoms with Crippen molar-refractivity contribution < 1.29 is 14.5 Å². The molecule has 26 heavy (non-hydrogen) atoms. The number of hydrogen-bond acceptors (Lipinski definition) is 4. The predicted octanol–water partition coefficient (Wildman–Crippen LogP) is 2.08. The van der Waals surface area contributed by atoms with Gasteiger partial charge in [0.15, 0.2) is 0 Å². The molecular formula is C19H19N3O4. The maximum atomic E-state index is 11.7. The summed E-state index contributed by atoms with van der Waals surface area (Å²) in [6.45, 7) is 0.384. The summed E-state index contributed by atoms with van der Waals surface area (Å²) in [5.74, 6) is -0.681. The summed E-state index contributed by atoms with van der Waals surface area (Å²) in [5, 5.41) is 15.8. The van der Waals surface area contributed by atoms with Crippen LogP contribution < -0.4 is 10.6 Å². The Morgan fingerprint density at radius 3 is 2.35 bits per heavy atom. The van der Waals surface area contributed by atoms with Crippen molar-refractivity contribution in [2.45, 2.75) is 6.42 Å². The highest BCUT2D eigenvalue weighted by Crippen LogP contribution is 2.12. The molecule has 2 aromatic carbocycles. The molecule has 0 saturated heterocycles. The van der Waals surface area contributed by atoms with Gasteiger partial charge in [-0.15, -0.1) is 0 Å². The maximum absolute atomic E-state index is 11.7. The number of amides is 2. The van der Waals surface area contributed by atoms with Crippen LogP contribution in [0.25, 0.3) is 6.08 Å². The van der Waals surface area contributed by atoms with Crippen LogP contribution in [0.3, 0.4) is 0 Å². The molecule has 0 aliphatic carbocycles. The molecule has 0 aliphatic heterocycles. The molecule has 0 radical (unpaired) electrons. The zero-order valence-electron chi connectivity index (χ0n) is 14.1. The number of hydrogen-bond donors (Lipinski definition) is 2. The Hall–Kier alpha value is -3.48. The van der Waals surface area contributed by atoms with Crippen molar-refractivity contribution in [3.05, 3.63) is 81.9 Å². The van der Waals surface area contributed by atoms with Gasteiger partial charge in [0.1, 0.15) is 0 Å². The summed E-state index contributed by atoms with van der Waals surface area (Å²) in [4.78, 5) is 33.5. The van der Waals surface area contributed by atoms with Crippen LogP contribution in [0.2, 0.25) is 0 Å². The molecule has 0 bridgehead atoms. The van der Waals surface area contributed by atoms with E-state index in [1.165, 1.54) is 36.4 Å². The second-order valence-corrected chi connectivity index (χ2v) is 5.49. The van der Waals surface area contributed by atoms with Crippen LogP contribution in [0.5, 0.6) is 0 Å².